The number of hydrogen-bond acceptors (Lipinski definition) is 3. The number of aromatic nitrogens is 1. The number of halogens is 1. The predicted octanol–water partition coefficient (Wildman–Crippen LogP) is 7.08. The molecule has 4 rings (SSSR count). The van der Waals surface area contributed by atoms with Gasteiger partial charge in [-0.05, 0) is 37.3 Å². The lowest BCUT2D eigenvalue weighted by atomic mass is 10.1. The van der Waals surface area contributed by atoms with Gasteiger partial charge in [-0.3, -0.25) is 0 Å². The van der Waals surface area contributed by atoms with Crippen LogP contribution in [0.15, 0.2) is 78.9 Å². The van der Waals surface area contributed by atoms with Gasteiger partial charge < -0.3 is 10.6 Å². The van der Waals surface area contributed by atoms with E-state index in [1.165, 1.54) is 0 Å². The van der Waals surface area contributed by atoms with E-state index in [0.29, 0.717) is 16.4 Å². The minimum absolute atomic E-state index is 0.323. The summed E-state index contributed by atoms with van der Waals surface area (Å²) in [5.41, 5.74) is 4.43. The van der Waals surface area contributed by atoms with Crippen LogP contribution in [-0.2, 0) is 0 Å². The van der Waals surface area contributed by atoms with E-state index < -0.39 is 0 Å². The Labute approximate surface area is 178 Å². The predicted molar refractivity (Wildman–Crippen MR) is 122 cm³/mol. The molecule has 2 N–H and O–H groups in total. The number of anilines is 2. The van der Waals surface area contributed by atoms with E-state index in [0.717, 1.165) is 26.7 Å². The van der Waals surface area contributed by atoms with Crippen molar-refractivity contribution >= 4 is 40.3 Å². The van der Waals surface area contributed by atoms with Crippen molar-refractivity contribution < 1.29 is 4.79 Å². The lowest BCUT2D eigenvalue weighted by Gasteiger charge is -2.08. The van der Waals surface area contributed by atoms with Gasteiger partial charge in [-0.25, -0.2) is 9.78 Å². The van der Waals surface area contributed by atoms with Crippen LogP contribution in [0.3, 0.4) is 0 Å². The number of benzene rings is 3. The highest BCUT2D eigenvalue weighted by Gasteiger charge is 2.11. The van der Waals surface area contributed by atoms with E-state index in [-0.39, 0.29) is 6.03 Å². The zero-order chi connectivity index (χ0) is 20.2. The molecule has 144 valence electrons. The standard InChI is InChI=1S/C23H18ClN3OS/c1-15-21(27-22(29-15)17-6-3-2-4-7-17)16-10-12-19(13-11-16)25-23(28)26-20-9-5-8-18(24)14-20/h2-14H,1H3,(H2,25,26,28). The lowest BCUT2D eigenvalue weighted by molar-refractivity contribution is 0.262. The Morgan fingerprint density at radius 2 is 1.59 bits per heavy atom. The molecule has 2 amide bonds. The van der Waals surface area contributed by atoms with Crippen LogP contribution >= 0.6 is 22.9 Å². The van der Waals surface area contributed by atoms with Crippen molar-refractivity contribution in [1.29, 1.82) is 0 Å². The smallest absolute Gasteiger partial charge is 0.308 e. The molecule has 0 saturated heterocycles. The summed E-state index contributed by atoms with van der Waals surface area (Å²) in [5.74, 6) is 0. The van der Waals surface area contributed by atoms with Gasteiger partial charge in [0.1, 0.15) is 5.01 Å². The Bertz CT molecular complexity index is 1140. The van der Waals surface area contributed by atoms with E-state index in [4.69, 9.17) is 16.6 Å². The largest absolute Gasteiger partial charge is 0.323 e. The quantitative estimate of drug-likeness (QED) is 0.371. The minimum atomic E-state index is -0.323. The summed E-state index contributed by atoms with van der Waals surface area (Å²) in [5, 5.41) is 7.16. The van der Waals surface area contributed by atoms with Crippen molar-refractivity contribution in [2.75, 3.05) is 10.6 Å². The summed E-state index contributed by atoms with van der Waals surface area (Å²) in [4.78, 5) is 18.2. The van der Waals surface area contributed by atoms with Gasteiger partial charge in [0, 0.05) is 32.4 Å². The monoisotopic (exact) mass is 419 g/mol. The number of rotatable bonds is 4. The summed E-state index contributed by atoms with van der Waals surface area (Å²) < 4.78 is 0. The average Bonchev–Trinajstić information content (AvgIpc) is 3.11. The van der Waals surface area contributed by atoms with Crippen molar-refractivity contribution in [2.45, 2.75) is 6.92 Å². The first kappa shape index (κ1) is 19.2. The topological polar surface area (TPSA) is 54.0 Å². The molecule has 0 aliphatic rings. The third-order valence-corrected chi connectivity index (χ3v) is 5.57. The van der Waals surface area contributed by atoms with Crippen LogP contribution in [0.4, 0.5) is 16.2 Å². The molecule has 0 saturated carbocycles. The average molecular weight is 420 g/mol. The maximum atomic E-state index is 12.2. The van der Waals surface area contributed by atoms with E-state index >= 15 is 0 Å². The molecule has 0 fully saturated rings. The molecule has 0 unspecified atom stereocenters. The van der Waals surface area contributed by atoms with Crippen LogP contribution in [0.25, 0.3) is 21.8 Å². The molecular formula is C23H18ClN3OS. The van der Waals surface area contributed by atoms with Crippen LogP contribution < -0.4 is 10.6 Å². The number of thiazole rings is 1. The highest BCUT2D eigenvalue weighted by molar-refractivity contribution is 7.15. The maximum Gasteiger partial charge on any atom is 0.323 e. The van der Waals surface area contributed by atoms with Crippen LogP contribution in [0, 0.1) is 6.92 Å². The zero-order valence-corrected chi connectivity index (χ0v) is 17.2. The molecular weight excluding hydrogens is 402 g/mol. The number of nitrogens with one attached hydrogen (secondary N) is 2. The second-order valence-corrected chi connectivity index (χ2v) is 8.10. The van der Waals surface area contributed by atoms with Crippen LogP contribution in [0.1, 0.15) is 4.88 Å². The summed E-state index contributed by atoms with van der Waals surface area (Å²) in [6.07, 6.45) is 0. The maximum absolute atomic E-state index is 12.2. The summed E-state index contributed by atoms with van der Waals surface area (Å²) >= 11 is 7.62. The number of aryl methyl sites for hydroxylation is 1. The molecule has 0 bridgehead atoms. The summed E-state index contributed by atoms with van der Waals surface area (Å²) in [6.45, 7) is 2.07. The molecule has 29 heavy (non-hydrogen) atoms. The third kappa shape index (κ3) is 4.65. The number of hydrogen-bond donors (Lipinski definition) is 2. The van der Waals surface area contributed by atoms with Crippen molar-refractivity contribution in [3.8, 4) is 21.8 Å². The van der Waals surface area contributed by atoms with Crippen LogP contribution in [-0.4, -0.2) is 11.0 Å². The van der Waals surface area contributed by atoms with Crippen molar-refractivity contribution in [3.63, 3.8) is 0 Å². The Hall–Kier alpha value is -3.15. The molecule has 1 heterocycles. The number of carbonyl (C=O) groups excluding carboxylic acids is 1. The lowest BCUT2D eigenvalue weighted by Crippen LogP contribution is -2.19. The van der Waals surface area contributed by atoms with Gasteiger partial charge in [0.05, 0.1) is 5.69 Å². The number of nitrogens with zero attached hydrogens (tertiary/aromatic N) is 1. The Morgan fingerprint density at radius 1 is 0.862 bits per heavy atom. The first-order valence-corrected chi connectivity index (χ1v) is 10.2. The van der Waals surface area contributed by atoms with Gasteiger partial charge in [-0.15, -0.1) is 11.3 Å². The van der Waals surface area contributed by atoms with Crippen LogP contribution in [0.2, 0.25) is 5.02 Å². The Kier molecular flexibility index (Phi) is 5.60. The molecule has 6 heteroatoms. The zero-order valence-electron chi connectivity index (χ0n) is 15.6. The molecule has 4 aromatic rings. The molecule has 3 aromatic carbocycles. The molecule has 0 aliphatic carbocycles. The molecule has 0 atom stereocenters. The van der Waals surface area contributed by atoms with Gasteiger partial charge in [-0.2, -0.15) is 0 Å². The molecule has 1 aromatic heterocycles. The fourth-order valence-electron chi connectivity index (χ4n) is 2.94. The summed E-state index contributed by atoms with van der Waals surface area (Å²) in [6, 6.07) is 24.5. The van der Waals surface area contributed by atoms with E-state index in [9.17, 15) is 4.79 Å². The fourth-order valence-corrected chi connectivity index (χ4v) is 4.07. The SMILES string of the molecule is Cc1sc(-c2ccccc2)nc1-c1ccc(NC(=O)Nc2cccc(Cl)c2)cc1. The van der Waals surface area contributed by atoms with Gasteiger partial charge >= 0.3 is 6.03 Å². The number of amides is 2. The Morgan fingerprint density at radius 3 is 2.31 bits per heavy atom. The van der Waals surface area contributed by atoms with Crippen LogP contribution in [0.5, 0.6) is 0 Å². The highest BCUT2D eigenvalue weighted by atomic mass is 35.5. The van der Waals surface area contributed by atoms with Gasteiger partial charge in [0.15, 0.2) is 0 Å². The molecule has 0 radical (unpaired) electrons. The second kappa shape index (κ2) is 8.47. The Balaban J connectivity index is 1.47. The van der Waals surface area contributed by atoms with E-state index in [1.807, 2.05) is 42.5 Å². The fraction of sp³-hybridized carbons (Fsp3) is 0.0435. The molecule has 4 nitrogen and oxygen atoms in total. The summed E-state index contributed by atoms with van der Waals surface area (Å²) in [7, 11) is 0. The normalized spacial score (nSPS) is 10.6. The van der Waals surface area contributed by atoms with Crippen molar-refractivity contribution in [2.24, 2.45) is 0 Å². The number of urea groups is 1. The van der Waals surface area contributed by atoms with E-state index in [1.54, 1.807) is 35.6 Å². The van der Waals surface area contributed by atoms with Gasteiger partial charge in [0.2, 0.25) is 0 Å². The number of carbonyl (C=O) groups is 1. The second-order valence-electron chi connectivity index (χ2n) is 6.46. The molecule has 0 aliphatic heterocycles. The highest BCUT2D eigenvalue weighted by Crippen LogP contribution is 2.33. The minimum Gasteiger partial charge on any atom is -0.308 e. The van der Waals surface area contributed by atoms with E-state index in [2.05, 4.69) is 29.7 Å². The first-order chi connectivity index (χ1) is 14.1. The van der Waals surface area contributed by atoms with Gasteiger partial charge in [0.25, 0.3) is 0 Å². The van der Waals surface area contributed by atoms with Crippen molar-refractivity contribution in [3.05, 3.63) is 88.8 Å². The van der Waals surface area contributed by atoms with Gasteiger partial charge in [-0.1, -0.05) is 60.1 Å². The first-order valence-electron chi connectivity index (χ1n) is 9.05. The van der Waals surface area contributed by atoms with Crippen molar-refractivity contribution in [1.82, 2.24) is 4.98 Å². The molecule has 0 spiro atoms. The third-order valence-electron chi connectivity index (χ3n) is 4.32.